The number of methoxy groups -OCH3 is 1. The predicted octanol–water partition coefficient (Wildman–Crippen LogP) is 3.31. The molecule has 3 nitrogen and oxygen atoms in total. The number of hydrogen-bond donors (Lipinski definition) is 0. The Balaban J connectivity index is 2.26. The normalized spacial score (nSPS) is 10.3. The molecule has 2 aromatic rings. The number of nitrogens with zero attached hydrogens (tertiary/aromatic N) is 1. The van der Waals surface area contributed by atoms with Gasteiger partial charge >= 0.3 is 0 Å². The molecule has 0 aliphatic rings. The van der Waals surface area contributed by atoms with Crippen molar-refractivity contribution in [2.45, 2.75) is 6.42 Å². The van der Waals surface area contributed by atoms with Gasteiger partial charge < -0.3 is 4.74 Å². The van der Waals surface area contributed by atoms with E-state index in [9.17, 15) is 9.18 Å². The Bertz CT molecular complexity index is 616. The fraction of sp³-hybridized carbons (Fsp3) is 0.143. The predicted molar refractivity (Wildman–Crippen MR) is 70.2 cm³/mol. The highest BCUT2D eigenvalue weighted by Gasteiger charge is 2.12. The van der Waals surface area contributed by atoms with E-state index in [0.717, 1.165) is 12.3 Å². The van der Waals surface area contributed by atoms with Crippen molar-refractivity contribution in [2.24, 2.45) is 0 Å². The van der Waals surface area contributed by atoms with Crippen LogP contribution in [0.5, 0.6) is 5.75 Å². The van der Waals surface area contributed by atoms with Gasteiger partial charge in [0.05, 0.1) is 13.3 Å². The van der Waals surface area contributed by atoms with Crippen molar-refractivity contribution in [3.63, 3.8) is 0 Å². The Morgan fingerprint density at radius 2 is 2.16 bits per heavy atom. The second kappa shape index (κ2) is 5.80. The van der Waals surface area contributed by atoms with Crippen LogP contribution in [0.4, 0.5) is 4.39 Å². The summed E-state index contributed by atoms with van der Waals surface area (Å²) in [6.07, 6.45) is 2.47. The zero-order valence-electron chi connectivity index (χ0n) is 10.2. The zero-order valence-corrected chi connectivity index (χ0v) is 10.9. The minimum absolute atomic E-state index is 0.0782. The molecule has 19 heavy (non-hydrogen) atoms. The van der Waals surface area contributed by atoms with Crippen molar-refractivity contribution in [3.05, 3.63) is 58.6 Å². The maximum absolute atomic E-state index is 13.0. The van der Waals surface area contributed by atoms with E-state index >= 15 is 0 Å². The van der Waals surface area contributed by atoms with Crippen molar-refractivity contribution in [2.75, 3.05) is 7.11 Å². The highest BCUT2D eigenvalue weighted by atomic mass is 35.5. The lowest BCUT2D eigenvalue weighted by Crippen LogP contribution is -2.06. The minimum atomic E-state index is -0.538. The molecule has 0 aliphatic carbocycles. The van der Waals surface area contributed by atoms with E-state index in [1.165, 1.54) is 13.3 Å². The molecule has 0 radical (unpaired) electrons. The summed E-state index contributed by atoms with van der Waals surface area (Å²) in [5.41, 5.74) is 0.881. The van der Waals surface area contributed by atoms with E-state index < -0.39 is 5.82 Å². The van der Waals surface area contributed by atoms with Crippen LogP contribution in [-0.2, 0) is 6.42 Å². The van der Waals surface area contributed by atoms with Crippen LogP contribution in [0.25, 0.3) is 0 Å². The summed E-state index contributed by atoms with van der Waals surface area (Å²) in [4.78, 5) is 15.7. The number of Topliss-reactive ketones (excluding diaryl/α,β-unsaturated/α-hetero) is 1. The molecule has 2 rings (SSSR count). The summed E-state index contributed by atoms with van der Waals surface area (Å²) >= 11 is 5.89. The molecule has 0 atom stereocenters. The molecule has 1 aromatic carbocycles. The number of carbonyl (C=O) groups is 1. The van der Waals surface area contributed by atoms with Gasteiger partial charge in [-0.3, -0.25) is 9.78 Å². The molecule has 0 fully saturated rings. The highest BCUT2D eigenvalue weighted by Crippen LogP contribution is 2.24. The van der Waals surface area contributed by atoms with E-state index in [1.807, 2.05) is 0 Å². The Labute approximate surface area is 115 Å². The van der Waals surface area contributed by atoms with Crippen molar-refractivity contribution in [1.82, 2.24) is 4.98 Å². The largest absolute Gasteiger partial charge is 0.496 e. The maximum atomic E-state index is 13.0. The van der Waals surface area contributed by atoms with Gasteiger partial charge in [0, 0.05) is 28.8 Å². The first-order valence-electron chi connectivity index (χ1n) is 5.56. The van der Waals surface area contributed by atoms with Crippen molar-refractivity contribution < 1.29 is 13.9 Å². The van der Waals surface area contributed by atoms with E-state index in [2.05, 4.69) is 4.98 Å². The quantitative estimate of drug-likeness (QED) is 0.806. The fourth-order valence-corrected chi connectivity index (χ4v) is 1.92. The Morgan fingerprint density at radius 1 is 1.37 bits per heavy atom. The smallest absolute Gasteiger partial charge is 0.169 e. The van der Waals surface area contributed by atoms with Crippen LogP contribution in [-0.4, -0.2) is 17.9 Å². The van der Waals surface area contributed by atoms with E-state index in [0.29, 0.717) is 16.3 Å². The first kappa shape index (κ1) is 13.5. The summed E-state index contributed by atoms with van der Waals surface area (Å²) in [7, 11) is 1.51. The number of halogens is 2. The number of benzene rings is 1. The first-order chi connectivity index (χ1) is 9.10. The third-order valence-corrected chi connectivity index (χ3v) is 2.86. The third-order valence-electron chi connectivity index (χ3n) is 2.62. The number of hydrogen-bond acceptors (Lipinski definition) is 3. The molecule has 0 bridgehead atoms. The molecular formula is C14H11ClFNO2. The zero-order chi connectivity index (χ0) is 13.8. The number of pyridine rings is 1. The first-order valence-corrected chi connectivity index (χ1v) is 5.94. The molecule has 0 N–H and O–H groups in total. The number of aromatic nitrogens is 1. The summed E-state index contributed by atoms with van der Waals surface area (Å²) in [6, 6.07) is 6.18. The van der Waals surface area contributed by atoms with Crippen molar-refractivity contribution >= 4 is 17.4 Å². The Kier molecular flexibility index (Phi) is 4.12. The lowest BCUT2D eigenvalue weighted by atomic mass is 10.0. The summed E-state index contributed by atoms with van der Waals surface area (Å²) in [5, 5.41) is 0.515. The van der Waals surface area contributed by atoms with Gasteiger partial charge in [-0.15, -0.1) is 0 Å². The molecule has 0 amide bonds. The monoisotopic (exact) mass is 279 g/mol. The minimum Gasteiger partial charge on any atom is -0.496 e. The van der Waals surface area contributed by atoms with Crippen LogP contribution < -0.4 is 4.74 Å². The van der Waals surface area contributed by atoms with Gasteiger partial charge in [-0.25, -0.2) is 4.39 Å². The van der Waals surface area contributed by atoms with Gasteiger partial charge in [0.15, 0.2) is 5.78 Å². The molecule has 0 spiro atoms. The Morgan fingerprint density at radius 3 is 2.84 bits per heavy atom. The molecule has 1 heterocycles. The highest BCUT2D eigenvalue weighted by molar-refractivity contribution is 6.30. The molecule has 1 aromatic heterocycles. The van der Waals surface area contributed by atoms with Crippen LogP contribution in [0, 0.1) is 5.82 Å². The standard InChI is InChI=1S/C14H11ClFNO2/c1-19-14-3-2-11(15)4-9(14)6-13(18)10-5-12(16)8-17-7-10/h2-5,7-8H,6H2,1H3. The molecule has 0 unspecified atom stereocenters. The van der Waals surface area contributed by atoms with Gasteiger partial charge in [0.25, 0.3) is 0 Å². The summed E-state index contributed by atoms with van der Waals surface area (Å²) in [5.74, 6) is -0.210. The molecule has 0 aliphatic heterocycles. The number of ether oxygens (including phenoxy) is 1. The SMILES string of the molecule is COc1ccc(Cl)cc1CC(=O)c1cncc(F)c1. The second-order valence-corrected chi connectivity index (χ2v) is 4.38. The lowest BCUT2D eigenvalue weighted by Gasteiger charge is -2.08. The number of ketones is 1. The third kappa shape index (κ3) is 3.29. The van der Waals surface area contributed by atoms with Crippen molar-refractivity contribution in [3.8, 4) is 5.75 Å². The van der Waals surface area contributed by atoms with Gasteiger partial charge in [-0.1, -0.05) is 11.6 Å². The van der Waals surface area contributed by atoms with Crippen LogP contribution in [0.2, 0.25) is 5.02 Å². The second-order valence-electron chi connectivity index (χ2n) is 3.95. The van der Waals surface area contributed by atoms with E-state index in [4.69, 9.17) is 16.3 Å². The topological polar surface area (TPSA) is 39.2 Å². The molecule has 98 valence electrons. The van der Waals surface area contributed by atoms with Crippen LogP contribution >= 0.6 is 11.6 Å². The maximum Gasteiger partial charge on any atom is 0.169 e. The van der Waals surface area contributed by atoms with Gasteiger partial charge in [0.1, 0.15) is 11.6 Å². The lowest BCUT2D eigenvalue weighted by molar-refractivity contribution is 0.0991. The molecule has 0 saturated carbocycles. The van der Waals surface area contributed by atoms with Gasteiger partial charge in [-0.2, -0.15) is 0 Å². The van der Waals surface area contributed by atoms with Gasteiger partial charge in [-0.05, 0) is 24.3 Å². The van der Waals surface area contributed by atoms with E-state index in [1.54, 1.807) is 18.2 Å². The van der Waals surface area contributed by atoms with E-state index in [-0.39, 0.29) is 17.8 Å². The molecular weight excluding hydrogens is 269 g/mol. The summed E-state index contributed by atoms with van der Waals surface area (Å²) in [6.45, 7) is 0. The Hall–Kier alpha value is -1.94. The van der Waals surface area contributed by atoms with Crippen molar-refractivity contribution in [1.29, 1.82) is 0 Å². The fourth-order valence-electron chi connectivity index (χ4n) is 1.72. The van der Waals surface area contributed by atoms with Gasteiger partial charge in [0.2, 0.25) is 0 Å². The van der Waals surface area contributed by atoms with Crippen LogP contribution in [0.15, 0.2) is 36.7 Å². The average Bonchev–Trinajstić information content (AvgIpc) is 2.39. The average molecular weight is 280 g/mol. The van der Waals surface area contributed by atoms with Crippen LogP contribution in [0.3, 0.4) is 0 Å². The molecule has 5 heteroatoms. The van der Waals surface area contributed by atoms with Crippen LogP contribution in [0.1, 0.15) is 15.9 Å². The molecule has 0 saturated heterocycles. The number of rotatable bonds is 4. The summed E-state index contributed by atoms with van der Waals surface area (Å²) < 4.78 is 18.2. The number of carbonyl (C=O) groups excluding carboxylic acids is 1.